The summed E-state index contributed by atoms with van der Waals surface area (Å²) >= 11 is 3.32. The molecule has 108 valence electrons. The van der Waals surface area contributed by atoms with Crippen LogP contribution in [0.15, 0.2) is 41.4 Å². The van der Waals surface area contributed by atoms with Gasteiger partial charge in [-0.3, -0.25) is 4.79 Å². The van der Waals surface area contributed by atoms with Crippen molar-refractivity contribution in [2.75, 3.05) is 31.1 Å². The van der Waals surface area contributed by atoms with Gasteiger partial charge in [0.15, 0.2) is 0 Å². The molecular weight excluding hydrogens is 334 g/mol. The summed E-state index contributed by atoms with van der Waals surface area (Å²) in [6.45, 7) is 2.76. The molecule has 0 N–H and O–H groups in total. The molecule has 0 aliphatic carbocycles. The number of anilines is 1. The molecule has 21 heavy (non-hydrogen) atoms. The van der Waals surface area contributed by atoms with E-state index in [1.54, 1.807) is 36.8 Å². The second-order valence-corrected chi connectivity index (χ2v) is 5.42. The number of aromatic nitrogens is 3. The van der Waals surface area contributed by atoms with Crippen molar-refractivity contribution in [1.82, 2.24) is 19.9 Å². The number of pyridine rings is 1. The highest BCUT2D eigenvalue weighted by Crippen LogP contribution is 2.17. The van der Waals surface area contributed by atoms with E-state index < -0.39 is 0 Å². The SMILES string of the molecule is O=C(c1cccnc1Br)N1CCN(c2ncccn2)CC1. The summed E-state index contributed by atoms with van der Waals surface area (Å²) in [5, 5.41) is 0. The average molecular weight is 348 g/mol. The average Bonchev–Trinajstić information content (AvgIpc) is 2.56. The van der Waals surface area contributed by atoms with E-state index in [9.17, 15) is 4.79 Å². The minimum atomic E-state index is 0.00334. The maximum atomic E-state index is 12.5. The maximum Gasteiger partial charge on any atom is 0.256 e. The summed E-state index contributed by atoms with van der Waals surface area (Å²) in [5.74, 6) is 0.718. The number of carbonyl (C=O) groups excluding carboxylic acids is 1. The molecule has 7 heteroatoms. The lowest BCUT2D eigenvalue weighted by Gasteiger charge is -2.34. The van der Waals surface area contributed by atoms with Crippen LogP contribution in [-0.2, 0) is 0 Å². The van der Waals surface area contributed by atoms with Gasteiger partial charge in [0.05, 0.1) is 5.56 Å². The van der Waals surface area contributed by atoms with Gasteiger partial charge in [0.25, 0.3) is 5.91 Å². The van der Waals surface area contributed by atoms with Gasteiger partial charge in [0.1, 0.15) is 4.60 Å². The van der Waals surface area contributed by atoms with E-state index in [0.717, 1.165) is 13.1 Å². The zero-order valence-corrected chi connectivity index (χ0v) is 12.9. The lowest BCUT2D eigenvalue weighted by atomic mass is 10.2. The van der Waals surface area contributed by atoms with E-state index >= 15 is 0 Å². The third-order valence-electron chi connectivity index (χ3n) is 3.39. The van der Waals surface area contributed by atoms with Crippen molar-refractivity contribution in [3.8, 4) is 0 Å². The number of carbonyl (C=O) groups is 1. The summed E-state index contributed by atoms with van der Waals surface area (Å²) in [4.78, 5) is 29.0. The number of amides is 1. The van der Waals surface area contributed by atoms with E-state index in [0.29, 0.717) is 29.2 Å². The predicted molar refractivity (Wildman–Crippen MR) is 82.1 cm³/mol. The van der Waals surface area contributed by atoms with Crippen LogP contribution < -0.4 is 4.90 Å². The molecule has 1 aliphatic rings. The molecule has 1 amide bonds. The van der Waals surface area contributed by atoms with Crippen LogP contribution in [0, 0.1) is 0 Å². The first-order chi connectivity index (χ1) is 10.3. The normalized spacial score (nSPS) is 15.1. The van der Waals surface area contributed by atoms with Gasteiger partial charge >= 0.3 is 0 Å². The van der Waals surface area contributed by atoms with Gasteiger partial charge in [-0.15, -0.1) is 0 Å². The molecule has 1 fully saturated rings. The van der Waals surface area contributed by atoms with Crippen LogP contribution in [0.25, 0.3) is 0 Å². The smallest absolute Gasteiger partial charge is 0.256 e. The molecule has 1 aliphatic heterocycles. The van der Waals surface area contributed by atoms with E-state index in [1.807, 2.05) is 4.90 Å². The Kier molecular flexibility index (Phi) is 4.10. The second kappa shape index (κ2) is 6.17. The van der Waals surface area contributed by atoms with E-state index in [-0.39, 0.29) is 5.91 Å². The monoisotopic (exact) mass is 347 g/mol. The highest BCUT2D eigenvalue weighted by Gasteiger charge is 2.24. The summed E-state index contributed by atoms with van der Waals surface area (Å²) in [6, 6.07) is 5.35. The van der Waals surface area contributed by atoms with E-state index in [2.05, 4.69) is 35.8 Å². The van der Waals surface area contributed by atoms with Crippen molar-refractivity contribution in [3.05, 3.63) is 47.0 Å². The highest BCUT2D eigenvalue weighted by molar-refractivity contribution is 9.10. The Bertz CT molecular complexity index is 628. The van der Waals surface area contributed by atoms with Gasteiger partial charge in [-0.2, -0.15) is 0 Å². The van der Waals surface area contributed by atoms with Crippen LogP contribution in [0.1, 0.15) is 10.4 Å². The third-order valence-corrected chi connectivity index (χ3v) is 4.02. The molecule has 2 aromatic rings. The van der Waals surface area contributed by atoms with Crippen molar-refractivity contribution in [1.29, 1.82) is 0 Å². The van der Waals surface area contributed by atoms with Crippen LogP contribution in [0.2, 0.25) is 0 Å². The molecule has 0 bridgehead atoms. The Morgan fingerprint density at radius 1 is 1.00 bits per heavy atom. The number of nitrogens with zero attached hydrogens (tertiary/aromatic N) is 5. The lowest BCUT2D eigenvalue weighted by Crippen LogP contribution is -2.49. The molecule has 0 radical (unpaired) electrons. The molecule has 1 saturated heterocycles. The van der Waals surface area contributed by atoms with Crippen molar-refractivity contribution in [2.24, 2.45) is 0 Å². The van der Waals surface area contributed by atoms with Crippen LogP contribution in [0.3, 0.4) is 0 Å². The molecule has 2 aromatic heterocycles. The molecule has 0 spiro atoms. The van der Waals surface area contributed by atoms with Gasteiger partial charge < -0.3 is 9.80 Å². The topological polar surface area (TPSA) is 62.2 Å². The first-order valence-electron chi connectivity index (χ1n) is 6.67. The number of halogens is 1. The molecule has 6 nitrogen and oxygen atoms in total. The number of rotatable bonds is 2. The zero-order valence-electron chi connectivity index (χ0n) is 11.3. The van der Waals surface area contributed by atoms with E-state index in [1.165, 1.54) is 0 Å². The zero-order chi connectivity index (χ0) is 14.7. The summed E-state index contributed by atoms with van der Waals surface area (Å²) in [7, 11) is 0. The number of hydrogen-bond donors (Lipinski definition) is 0. The minimum Gasteiger partial charge on any atom is -0.337 e. The number of piperazine rings is 1. The summed E-state index contributed by atoms with van der Waals surface area (Å²) in [5.41, 5.74) is 0.599. The molecule has 0 aromatic carbocycles. The van der Waals surface area contributed by atoms with Crippen molar-refractivity contribution in [3.63, 3.8) is 0 Å². The Labute approximate surface area is 131 Å². The molecular formula is C14H14BrN5O. The molecule has 3 heterocycles. The van der Waals surface area contributed by atoms with Crippen LogP contribution in [0.4, 0.5) is 5.95 Å². The predicted octanol–water partition coefficient (Wildman–Crippen LogP) is 1.60. The first kappa shape index (κ1) is 13.9. The fourth-order valence-corrected chi connectivity index (χ4v) is 2.70. The molecule has 0 unspecified atom stereocenters. The van der Waals surface area contributed by atoms with Crippen molar-refractivity contribution < 1.29 is 4.79 Å². The second-order valence-electron chi connectivity index (χ2n) is 4.67. The largest absolute Gasteiger partial charge is 0.337 e. The first-order valence-corrected chi connectivity index (χ1v) is 7.47. The van der Waals surface area contributed by atoms with Crippen LogP contribution in [0.5, 0.6) is 0 Å². The summed E-state index contributed by atoms with van der Waals surface area (Å²) < 4.78 is 0.587. The Morgan fingerprint density at radius 2 is 1.67 bits per heavy atom. The summed E-state index contributed by atoms with van der Waals surface area (Å²) in [6.07, 6.45) is 5.12. The Hall–Kier alpha value is -2.02. The van der Waals surface area contributed by atoms with Gasteiger partial charge in [0.2, 0.25) is 5.95 Å². The number of hydrogen-bond acceptors (Lipinski definition) is 5. The molecule has 3 rings (SSSR count). The van der Waals surface area contributed by atoms with Gasteiger partial charge in [-0.1, -0.05) is 0 Å². The van der Waals surface area contributed by atoms with Gasteiger partial charge in [-0.05, 0) is 34.1 Å². The standard InChI is InChI=1S/C14H14BrN5O/c15-12-11(3-1-4-16-12)13(21)19-7-9-20(10-8-19)14-17-5-2-6-18-14/h1-6H,7-10H2. The molecule has 0 saturated carbocycles. The van der Waals surface area contributed by atoms with Crippen LogP contribution >= 0.6 is 15.9 Å². The lowest BCUT2D eigenvalue weighted by molar-refractivity contribution is 0.0745. The third kappa shape index (κ3) is 3.02. The minimum absolute atomic E-state index is 0.00334. The van der Waals surface area contributed by atoms with Gasteiger partial charge in [0, 0.05) is 44.8 Å². The highest BCUT2D eigenvalue weighted by atomic mass is 79.9. The van der Waals surface area contributed by atoms with Crippen molar-refractivity contribution in [2.45, 2.75) is 0 Å². The quantitative estimate of drug-likeness (QED) is 0.772. The fraction of sp³-hybridized carbons (Fsp3) is 0.286. The van der Waals surface area contributed by atoms with Crippen LogP contribution in [-0.4, -0.2) is 51.9 Å². The Balaban J connectivity index is 1.66. The molecule has 0 atom stereocenters. The maximum absolute atomic E-state index is 12.5. The van der Waals surface area contributed by atoms with E-state index in [4.69, 9.17) is 0 Å². The fourth-order valence-electron chi connectivity index (χ4n) is 2.28. The van der Waals surface area contributed by atoms with Gasteiger partial charge in [-0.25, -0.2) is 15.0 Å². The van der Waals surface area contributed by atoms with Crippen molar-refractivity contribution >= 4 is 27.8 Å². The Morgan fingerprint density at radius 3 is 2.33 bits per heavy atom.